The Hall–Kier alpha value is -2.09. The van der Waals surface area contributed by atoms with Crippen LogP contribution >= 0.6 is 0 Å². The lowest BCUT2D eigenvalue weighted by Gasteiger charge is -2.32. The Labute approximate surface area is 139 Å². The number of nitrogens with zero attached hydrogens (tertiary/aromatic N) is 1. The molecule has 0 unspecified atom stereocenters. The van der Waals surface area contributed by atoms with Gasteiger partial charge in [-0.15, -0.1) is 0 Å². The monoisotopic (exact) mass is 344 g/mol. The molecular formula is C16H22F2N2O4. The highest BCUT2D eigenvalue weighted by molar-refractivity contribution is 5.95. The molecule has 0 aliphatic carbocycles. The largest absolute Gasteiger partial charge is 0.493 e. The molecule has 1 fully saturated rings. The van der Waals surface area contributed by atoms with E-state index in [-0.39, 0.29) is 29.2 Å². The highest BCUT2D eigenvalue weighted by atomic mass is 19.3. The lowest BCUT2D eigenvalue weighted by atomic mass is 10.0. The van der Waals surface area contributed by atoms with Crippen molar-refractivity contribution in [2.45, 2.75) is 25.5 Å². The number of hydrogen-bond donors (Lipinski definition) is 1. The molecule has 1 aromatic carbocycles. The molecule has 1 saturated heterocycles. The number of halogens is 2. The second kappa shape index (κ2) is 8.14. The molecule has 0 radical (unpaired) electrons. The molecule has 1 aliphatic rings. The zero-order valence-electron chi connectivity index (χ0n) is 14.0. The normalized spacial score (nSPS) is 15.2. The summed E-state index contributed by atoms with van der Waals surface area (Å²) < 4.78 is 39.8. The van der Waals surface area contributed by atoms with Crippen LogP contribution in [0.4, 0.5) is 8.78 Å². The van der Waals surface area contributed by atoms with Gasteiger partial charge in [-0.2, -0.15) is 8.78 Å². The van der Waals surface area contributed by atoms with Gasteiger partial charge in [0.15, 0.2) is 11.5 Å². The SMILES string of the molecule is COc1cc(C(=O)N(C)C2CCNCC2)cc(OC)c1OC(F)F. The maximum atomic E-state index is 12.7. The summed E-state index contributed by atoms with van der Waals surface area (Å²) in [6.45, 7) is -1.31. The third-order valence-electron chi connectivity index (χ3n) is 4.09. The number of hydrogen-bond acceptors (Lipinski definition) is 5. The van der Waals surface area contributed by atoms with Gasteiger partial charge in [-0.25, -0.2) is 0 Å². The first kappa shape index (κ1) is 18.3. The number of methoxy groups -OCH3 is 2. The van der Waals surface area contributed by atoms with Crippen molar-refractivity contribution in [3.8, 4) is 17.2 Å². The number of benzene rings is 1. The van der Waals surface area contributed by atoms with Crippen LogP contribution < -0.4 is 19.5 Å². The number of piperidine rings is 1. The molecule has 24 heavy (non-hydrogen) atoms. The smallest absolute Gasteiger partial charge is 0.387 e. The lowest BCUT2D eigenvalue weighted by Crippen LogP contribution is -2.43. The van der Waals surface area contributed by atoms with E-state index in [2.05, 4.69) is 10.1 Å². The van der Waals surface area contributed by atoms with Crippen LogP contribution in [0.1, 0.15) is 23.2 Å². The molecule has 1 aromatic rings. The predicted octanol–water partition coefficient (Wildman–Crippen LogP) is 2.13. The summed E-state index contributed by atoms with van der Waals surface area (Å²) in [6, 6.07) is 2.91. The molecular weight excluding hydrogens is 322 g/mol. The molecule has 0 atom stereocenters. The lowest BCUT2D eigenvalue weighted by molar-refractivity contribution is -0.0526. The molecule has 0 bridgehead atoms. The van der Waals surface area contributed by atoms with E-state index in [1.54, 1.807) is 11.9 Å². The van der Waals surface area contributed by atoms with Crippen molar-refractivity contribution in [1.82, 2.24) is 10.2 Å². The van der Waals surface area contributed by atoms with Crippen molar-refractivity contribution < 1.29 is 27.8 Å². The van der Waals surface area contributed by atoms with Crippen LogP contribution in [0.3, 0.4) is 0 Å². The molecule has 6 nitrogen and oxygen atoms in total. The van der Waals surface area contributed by atoms with Crippen LogP contribution in [0.2, 0.25) is 0 Å². The van der Waals surface area contributed by atoms with Crippen molar-refractivity contribution >= 4 is 5.91 Å². The van der Waals surface area contributed by atoms with E-state index in [9.17, 15) is 13.6 Å². The van der Waals surface area contributed by atoms with Crippen LogP contribution in [-0.4, -0.2) is 57.8 Å². The van der Waals surface area contributed by atoms with E-state index < -0.39 is 6.61 Å². The average molecular weight is 344 g/mol. The van der Waals surface area contributed by atoms with Gasteiger partial charge in [0.25, 0.3) is 5.91 Å². The van der Waals surface area contributed by atoms with Crippen LogP contribution in [0.5, 0.6) is 17.2 Å². The Balaban J connectivity index is 2.30. The standard InChI is InChI=1S/C16H22F2N2O4/c1-20(11-4-6-19-7-5-11)15(21)10-8-12(22-2)14(24-16(17)18)13(9-10)23-3/h8-9,11,16,19H,4-7H2,1-3H3. The maximum absolute atomic E-state index is 12.7. The summed E-state index contributed by atoms with van der Waals surface area (Å²) in [5.74, 6) is -0.397. The summed E-state index contributed by atoms with van der Waals surface area (Å²) in [4.78, 5) is 14.4. The summed E-state index contributed by atoms with van der Waals surface area (Å²) >= 11 is 0. The molecule has 1 N–H and O–H groups in total. The predicted molar refractivity (Wildman–Crippen MR) is 84.2 cm³/mol. The Morgan fingerprint density at radius 2 is 1.75 bits per heavy atom. The minimum Gasteiger partial charge on any atom is -0.493 e. The van der Waals surface area contributed by atoms with Crippen molar-refractivity contribution in [3.05, 3.63) is 17.7 Å². The fraction of sp³-hybridized carbons (Fsp3) is 0.562. The van der Waals surface area contributed by atoms with Gasteiger partial charge in [0.05, 0.1) is 14.2 Å². The topological polar surface area (TPSA) is 60.0 Å². The third kappa shape index (κ3) is 4.05. The van der Waals surface area contributed by atoms with Crippen LogP contribution in [-0.2, 0) is 0 Å². The molecule has 134 valence electrons. The Morgan fingerprint density at radius 1 is 1.21 bits per heavy atom. The Bertz CT molecular complexity index is 552. The first-order valence-corrected chi connectivity index (χ1v) is 7.66. The molecule has 1 heterocycles. The Kier molecular flexibility index (Phi) is 6.19. The summed E-state index contributed by atoms with van der Waals surface area (Å²) in [5.41, 5.74) is 0.298. The van der Waals surface area contributed by atoms with Gasteiger partial charge in [0, 0.05) is 18.7 Å². The van der Waals surface area contributed by atoms with Crippen LogP contribution in [0.15, 0.2) is 12.1 Å². The fourth-order valence-electron chi connectivity index (χ4n) is 2.77. The minimum absolute atomic E-state index is 0.0247. The quantitative estimate of drug-likeness (QED) is 0.857. The zero-order valence-corrected chi connectivity index (χ0v) is 14.0. The van der Waals surface area contributed by atoms with Gasteiger partial charge < -0.3 is 24.4 Å². The van der Waals surface area contributed by atoms with E-state index in [1.807, 2.05) is 0 Å². The number of carbonyl (C=O) groups excluding carboxylic acids is 1. The number of amides is 1. The molecule has 8 heteroatoms. The van der Waals surface area contributed by atoms with E-state index in [4.69, 9.17) is 9.47 Å². The molecule has 1 aliphatic heterocycles. The number of carbonyl (C=O) groups is 1. The summed E-state index contributed by atoms with van der Waals surface area (Å²) in [7, 11) is 4.37. The molecule has 2 rings (SSSR count). The zero-order chi connectivity index (χ0) is 17.7. The summed E-state index contributed by atoms with van der Waals surface area (Å²) in [5, 5.41) is 3.24. The van der Waals surface area contributed by atoms with Gasteiger partial charge in [0.2, 0.25) is 5.75 Å². The number of alkyl halides is 2. The second-order valence-corrected chi connectivity index (χ2v) is 5.49. The van der Waals surface area contributed by atoms with Gasteiger partial charge in [0.1, 0.15) is 0 Å². The van der Waals surface area contributed by atoms with Gasteiger partial charge in [-0.3, -0.25) is 4.79 Å². The molecule has 0 spiro atoms. The minimum atomic E-state index is -3.02. The van der Waals surface area contributed by atoms with Crippen molar-refractivity contribution in [2.75, 3.05) is 34.4 Å². The van der Waals surface area contributed by atoms with E-state index in [1.165, 1.54) is 26.4 Å². The third-order valence-corrected chi connectivity index (χ3v) is 4.09. The fourth-order valence-corrected chi connectivity index (χ4v) is 2.77. The van der Waals surface area contributed by atoms with Crippen LogP contribution in [0.25, 0.3) is 0 Å². The van der Waals surface area contributed by atoms with Crippen molar-refractivity contribution in [3.63, 3.8) is 0 Å². The van der Waals surface area contributed by atoms with Crippen molar-refractivity contribution in [1.29, 1.82) is 0 Å². The highest BCUT2D eigenvalue weighted by Crippen LogP contribution is 2.39. The maximum Gasteiger partial charge on any atom is 0.387 e. The molecule has 0 aromatic heterocycles. The molecule has 0 saturated carbocycles. The van der Waals surface area contributed by atoms with Crippen LogP contribution in [0, 0.1) is 0 Å². The van der Waals surface area contributed by atoms with E-state index in [0.29, 0.717) is 5.56 Å². The van der Waals surface area contributed by atoms with E-state index in [0.717, 1.165) is 25.9 Å². The van der Waals surface area contributed by atoms with Gasteiger partial charge in [-0.1, -0.05) is 0 Å². The van der Waals surface area contributed by atoms with E-state index >= 15 is 0 Å². The highest BCUT2D eigenvalue weighted by Gasteiger charge is 2.26. The second-order valence-electron chi connectivity index (χ2n) is 5.49. The summed E-state index contributed by atoms with van der Waals surface area (Å²) in [6.07, 6.45) is 1.73. The van der Waals surface area contributed by atoms with Gasteiger partial charge in [-0.05, 0) is 38.1 Å². The van der Waals surface area contributed by atoms with Gasteiger partial charge >= 0.3 is 6.61 Å². The number of nitrogens with one attached hydrogen (secondary N) is 1. The number of ether oxygens (including phenoxy) is 3. The first-order chi connectivity index (χ1) is 11.5. The average Bonchev–Trinajstić information content (AvgIpc) is 2.60. The first-order valence-electron chi connectivity index (χ1n) is 7.66. The Morgan fingerprint density at radius 3 is 2.21 bits per heavy atom. The van der Waals surface area contributed by atoms with Crippen molar-refractivity contribution in [2.24, 2.45) is 0 Å². The molecule has 1 amide bonds. The number of rotatable bonds is 6.